The third-order valence-electron chi connectivity index (χ3n) is 3.05. The van der Waals surface area contributed by atoms with Crippen molar-refractivity contribution in [2.24, 2.45) is 0 Å². The van der Waals surface area contributed by atoms with Crippen molar-refractivity contribution in [1.29, 1.82) is 0 Å². The summed E-state index contributed by atoms with van der Waals surface area (Å²) in [5, 5.41) is 9.48. The molecule has 0 bridgehead atoms. The van der Waals surface area contributed by atoms with E-state index in [1.807, 2.05) is 0 Å². The average molecular weight is 303 g/mol. The molecule has 0 unspecified atom stereocenters. The number of thiazole rings is 1. The minimum Gasteiger partial charge on any atom is -0.494 e. The predicted octanol–water partition coefficient (Wildman–Crippen LogP) is 3.81. The first-order valence-electron chi connectivity index (χ1n) is 6.07. The smallest absolute Gasteiger partial charge is 0.335 e. The van der Waals surface area contributed by atoms with E-state index in [1.54, 1.807) is 18.2 Å². The quantitative estimate of drug-likeness (QED) is 0.799. The van der Waals surface area contributed by atoms with E-state index in [0.29, 0.717) is 20.8 Å². The van der Waals surface area contributed by atoms with Gasteiger partial charge < -0.3 is 9.84 Å². The molecular weight excluding hydrogens is 293 g/mol. The van der Waals surface area contributed by atoms with E-state index in [9.17, 15) is 9.18 Å². The zero-order chi connectivity index (χ0) is 15.0. The summed E-state index contributed by atoms with van der Waals surface area (Å²) in [6.07, 6.45) is 0. The van der Waals surface area contributed by atoms with E-state index in [1.165, 1.54) is 36.6 Å². The van der Waals surface area contributed by atoms with Crippen molar-refractivity contribution in [1.82, 2.24) is 4.98 Å². The maximum absolute atomic E-state index is 14.2. The standard InChI is InChI=1S/C15H10FNO3S/c1-20-11-4-2-3-9(13(11)16)14-17-10-6-5-8(15(18)19)7-12(10)21-14/h2-7H,1H3,(H,18,19). The van der Waals surface area contributed by atoms with Gasteiger partial charge in [0.05, 0.1) is 28.5 Å². The Morgan fingerprint density at radius 2 is 2.14 bits per heavy atom. The lowest BCUT2D eigenvalue weighted by Crippen LogP contribution is -1.94. The molecule has 0 aliphatic heterocycles. The van der Waals surface area contributed by atoms with Crippen LogP contribution in [0.25, 0.3) is 20.8 Å². The van der Waals surface area contributed by atoms with Gasteiger partial charge in [0.2, 0.25) is 0 Å². The molecule has 106 valence electrons. The molecule has 0 fully saturated rings. The second kappa shape index (κ2) is 5.14. The predicted molar refractivity (Wildman–Crippen MR) is 78.5 cm³/mol. The first kappa shape index (κ1) is 13.5. The summed E-state index contributed by atoms with van der Waals surface area (Å²) in [6, 6.07) is 9.48. The van der Waals surface area contributed by atoms with E-state index in [2.05, 4.69) is 4.98 Å². The lowest BCUT2D eigenvalue weighted by Gasteiger charge is -2.04. The number of methoxy groups -OCH3 is 1. The first-order chi connectivity index (χ1) is 10.1. The molecule has 3 rings (SSSR count). The highest BCUT2D eigenvalue weighted by molar-refractivity contribution is 7.21. The fourth-order valence-corrected chi connectivity index (χ4v) is 3.03. The number of hydrogen-bond donors (Lipinski definition) is 1. The van der Waals surface area contributed by atoms with Gasteiger partial charge in [0.1, 0.15) is 5.01 Å². The first-order valence-corrected chi connectivity index (χ1v) is 6.88. The summed E-state index contributed by atoms with van der Waals surface area (Å²) in [5.41, 5.74) is 1.17. The zero-order valence-corrected chi connectivity index (χ0v) is 11.8. The van der Waals surface area contributed by atoms with Crippen LogP contribution in [0.5, 0.6) is 5.75 Å². The Balaban J connectivity index is 2.15. The van der Waals surface area contributed by atoms with E-state index < -0.39 is 11.8 Å². The molecule has 2 aromatic carbocycles. The summed E-state index contributed by atoms with van der Waals surface area (Å²) in [4.78, 5) is 15.3. The van der Waals surface area contributed by atoms with Crippen LogP contribution in [0.2, 0.25) is 0 Å². The molecule has 0 radical (unpaired) electrons. The van der Waals surface area contributed by atoms with Gasteiger partial charge in [-0.25, -0.2) is 14.2 Å². The number of nitrogens with zero attached hydrogens (tertiary/aromatic N) is 1. The summed E-state index contributed by atoms with van der Waals surface area (Å²) < 4.78 is 19.9. The number of fused-ring (bicyclic) bond motifs is 1. The van der Waals surface area contributed by atoms with Crippen molar-refractivity contribution < 1.29 is 19.0 Å². The highest BCUT2D eigenvalue weighted by atomic mass is 32.1. The Labute approximate surface area is 123 Å². The van der Waals surface area contributed by atoms with Crippen molar-refractivity contribution in [3.8, 4) is 16.3 Å². The molecule has 3 aromatic rings. The number of aromatic carboxylic acids is 1. The van der Waals surface area contributed by atoms with Crippen LogP contribution in [0.1, 0.15) is 10.4 Å². The van der Waals surface area contributed by atoms with Crippen molar-refractivity contribution in [2.75, 3.05) is 7.11 Å². The van der Waals surface area contributed by atoms with Gasteiger partial charge in [0, 0.05) is 0 Å². The monoisotopic (exact) mass is 303 g/mol. The fourth-order valence-electron chi connectivity index (χ4n) is 2.01. The zero-order valence-electron chi connectivity index (χ0n) is 11.0. The third-order valence-corrected chi connectivity index (χ3v) is 4.10. The van der Waals surface area contributed by atoms with E-state index in [-0.39, 0.29) is 11.3 Å². The van der Waals surface area contributed by atoms with Gasteiger partial charge >= 0.3 is 5.97 Å². The number of rotatable bonds is 3. The Kier molecular flexibility index (Phi) is 3.31. The molecule has 1 N–H and O–H groups in total. The average Bonchev–Trinajstić information content (AvgIpc) is 2.90. The van der Waals surface area contributed by atoms with E-state index >= 15 is 0 Å². The number of benzene rings is 2. The van der Waals surface area contributed by atoms with Crippen molar-refractivity contribution >= 4 is 27.5 Å². The summed E-state index contributed by atoms with van der Waals surface area (Å²) in [6.45, 7) is 0. The molecule has 4 nitrogen and oxygen atoms in total. The van der Waals surface area contributed by atoms with Crippen LogP contribution in [0, 0.1) is 5.82 Å². The Morgan fingerprint density at radius 1 is 1.33 bits per heavy atom. The molecular formula is C15H10FNO3S. The van der Waals surface area contributed by atoms with Crippen LogP contribution < -0.4 is 4.74 Å². The maximum Gasteiger partial charge on any atom is 0.335 e. The lowest BCUT2D eigenvalue weighted by atomic mass is 10.2. The number of ether oxygens (including phenoxy) is 1. The molecule has 6 heteroatoms. The van der Waals surface area contributed by atoms with Crippen LogP contribution >= 0.6 is 11.3 Å². The van der Waals surface area contributed by atoms with Gasteiger partial charge in [0.15, 0.2) is 11.6 Å². The summed E-state index contributed by atoms with van der Waals surface area (Å²) in [7, 11) is 1.40. The number of halogens is 1. The minimum atomic E-state index is -1.00. The van der Waals surface area contributed by atoms with Crippen molar-refractivity contribution in [2.45, 2.75) is 0 Å². The van der Waals surface area contributed by atoms with Crippen LogP contribution in [-0.2, 0) is 0 Å². The molecule has 0 saturated carbocycles. The van der Waals surface area contributed by atoms with Crippen molar-refractivity contribution in [3.05, 3.63) is 47.8 Å². The Bertz CT molecular complexity index is 844. The van der Waals surface area contributed by atoms with Crippen LogP contribution in [-0.4, -0.2) is 23.2 Å². The van der Waals surface area contributed by atoms with Crippen LogP contribution in [0.15, 0.2) is 36.4 Å². The maximum atomic E-state index is 14.2. The fraction of sp³-hybridized carbons (Fsp3) is 0.0667. The Hall–Kier alpha value is -2.47. The molecule has 0 aliphatic carbocycles. The summed E-state index contributed by atoms with van der Waals surface area (Å²) >= 11 is 1.25. The van der Waals surface area contributed by atoms with Gasteiger partial charge in [-0.3, -0.25) is 0 Å². The second-order valence-corrected chi connectivity index (χ2v) is 5.36. The number of hydrogen-bond acceptors (Lipinski definition) is 4. The Morgan fingerprint density at radius 3 is 2.86 bits per heavy atom. The topological polar surface area (TPSA) is 59.4 Å². The van der Waals surface area contributed by atoms with Crippen molar-refractivity contribution in [3.63, 3.8) is 0 Å². The SMILES string of the molecule is COc1cccc(-c2nc3ccc(C(=O)O)cc3s2)c1F. The summed E-state index contributed by atoms with van der Waals surface area (Å²) in [5.74, 6) is -1.32. The van der Waals surface area contributed by atoms with Crippen LogP contribution in [0.4, 0.5) is 4.39 Å². The molecule has 0 atom stereocenters. The molecule has 0 amide bonds. The largest absolute Gasteiger partial charge is 0.494 e. The van der Waals surface area contributed by atoms with Gasteiger partial charge in [-0.1, -0.05) is 6.07 Å². The van der Waals surface area contributed by atoms with E-state index in [0.717, 1.165) is 0 Å². The molecule has 0 saturated heterocycles. The lowest BCUT2D eigenvalue weighted by molar-refractivity contribution is 0.0697. The van der Waals surface area contributed by atoms with E-state index in [4.69, 9.17) is 9.84 Å². The third kappa shape index (κ3) is 2.34. The van der Waals surface area contributed by atoms with Gasteiger partial charge in [-0.05, 0) is 30.3 Å². The van der Waals surface area contributed by atoms with Gasteiger partial charge in [0.25, 0.3) is 0 Å². The van der Waals surface area contributed by atoms with Gasteiger partial charge in [-0.2, -0.15) is 0 Å². The highest BCUT2D eigenvalue weighted by Gasteiger charge is 2.15. The number of aromatic nitrogens is 1. The molecule has 0 aliphatic rings. The number of carboxylic acids is 1. The van der Waals surface area contributed by atoms with Crippen LogP contribution in [0.3, 0.4) is 0 Å². The number of carboxylic acid groups (broad SMARTS) is 1. The number of carbonyl (C=O) groups is 1. The molecule has 21 heavy (non-hydrogen) atoms. The highest BCUT2D eigenvalue weighted by Crippen LogP contribution is 2.34. The minimum absolute atomic E-state index is 0.151. The second-order valence-electron chi connectivity index (χ2n) is 4.33. The molecule has 1 aromatic heterocycles. The van der Waals surface area contributed by atoms with Gasteiger partial charge in [-0.15, -0.1) is 11.3 Å². The molecule has 1 heterocycles. The molecule has 0 spiro atoms. The normalized spacial score (nSPS) is 10.8.